The number of benzene rings is 2. The number of phenolic OH excluding ortho intramolecular Hbond substituents is 4. The number of hydrogen-bond acceptors (Lipinski definition) is 6. The quantitative estimate of drug-likeness (QED) is 0.309. The minimum absolute atomic E-state index is 0.185. The summed E-state index contributed by atoms with van der Waals surface area (Å²) in [6.45, 7) is 0. The largest absolute Gasteiger partial charge is 0.504 e. The van der Waals surface area contributed by atoms with Gasteiger partial charge in [0, 0.05) is 0 Å². The number of hydrogen-bond donors (Lipinski definition) is 6. The van der Waals surface area contributed by atoms with Gasteiger partial charge < -0.3 is 31.9 Å². The van der Waals surface area contributed by atoms with Gasteiger partial charge in [-0.3, -0.25) is 0 Å². The van der Waals surface area contributed by atoms with E-state index in [2.05, 4.69) is 0 Å². The average molecular weight is 250 g/mol. The first-order valence-corrected chi connectivity index (χ1v) is 4.96. The maximum absolute atomic E-state index is 8.83. The Bertz CT molecular complexity index is 454. The molecule has 0 amide bonds. The molecule has 0 heterocycles. The number of nitrogen functional groups attached to an aromatic ring is 2. The van der Waals surface area contributed by atoms with Gasteiger partial charge in [-0.1, -0.05) is 12.1 Å². The maximum atomic E-state index is 8.83. The van der Waals surface area contributed by atoms with Gasteiger partial charge in [-0.05, 0) is 24.3 Å². The molecule has 96 valence electrons. The van der Waals surface area contributed by atoms with Gasteiger partial charge in [0.1, 0.15) is 0 Å². The van der Waals surface area contributed by atoms with E-state index in [1.807, 2.05) is 0 Å². The summed E-state index contributed by atoms with van der Waals surface area (Å²) in [5, 5.41) is 35.2. The lowest BCUT2D eigenvalue weighted by Gasteiger charge is -1.97. The van der Waals surface area contributed by atoms with E-state index in [0.29, 0.717) is 0 Å². The SMILES string of the molecule is Nc1cccc(O)c1O.Nc1cccc(O)c1O. The van der Waals surface area contributed by atoms with Crippen molar-refractivity contribution in [1.29, 1.82) is 0 Å². The van der Waals surface area contributed by atoms with Gasteiger partial charge in [0.05, 0.1) is 11.4 Å². The Labute approximate surface area is 103 Å². The average Bonchev–Trinajstić information content (AvgIpc) is 2.34. The van der Waals surface area contributed by atoms with Crippen LogP contribution in [0.5, 0.6) is 23.0 Å². The summed E-state index contributed by atoms with van der Waals surface area (Å²) in [4.78, 5) is 0. The molecule has 0 unspecified atom stereocenters. The second kappa shape index (κ2) is 5.53. The molecule has 0 saturated carbocycles. The highest BCUT2D eigenvalue weighted by Gasteiger charge is 1.99. The fraction of sp³-hybridized carbons (Fsp3) is 0. The van der Waals surface area contributed by atoms with Crippen molar-refractivity contribution in [2.75, 3.05) is 11.5 Å². The third-order valence-electron chi connectivity index (χ3n) is 2.09. The molecule has 0 radical (unpaired) electrons. The van der Waals surface area contributed by atoms with E-state index in [0.717, 1.165) is 0 Å². The lowest BCUT2D eigenvalue weighted by molar-refractivity contribution is 0.405. The molecule has 0 aliphatic heterocycles. The number of nitrogens with two attached hydrogens (primary N) is 2. The van der Waals surface area contributed by atoms with Gasteiger partial charge in [-0.15, -0.1) is 0 Å². The zero-order valence-corrected chi connectivity index (χ0v) is 9.41. The second-order valence-corrected chi connectivity index (χ2v) is 3.43. The molecule has 0 aliphatic rings. The molecule has 0 saturated heterocycles. The highest BCUT2D eigenvalue weighted by Crippen LogP contribution is 2.30. The summed E-state index contributed by atoms with van der Waals surface area (Å²) in [6, 6.07) is 8.87. The molecule has 2 rings (SSSR count). The smallest absolute Gasteiger partial charge is 0.180 e. The molecular weight excluding hydrogens is 236 g/mol. The monoisotopic (exact) mass is 250 g/mol. The Morgan fingerprint density at radius 1 is 0.611 bits per heavy atom. The number of rotatable bonds is 0. The van der Waals surface area contributed by atoms with Crippen LogP contribution in [0, 0.1) is 0 Å². The summed E-state index contributed by atoms with van der Waals surface area (Å²) < 4.78 is 0. The van der Waals surface area contributed by atoms with Gasteiger partial charge in [0.25, 0.3) is 0 Å². The summed E-state index contributed by atoms with van der Waals surface area (Å²) in [5.74, 6) is -0.875. The van der Waals surface area contributed by atoms with Gasteiger partial charge in [0.15, 0.2) is 23.0 Å². The molecular formula is C12H14N2O4. The molecule has 0 spiro atoms. The van der Waals surface area contributed by atoms with Crippen LogP contribution in [0.1, 0.15) is 0 Å². The first kappa shape index (κ1) is 13.3. The molecule has 2 aromatic carbocycles. The van der Waals surface area contributed by atoms with E-state index >= 15 is 0 Å². The van der Waals surface area contributed by atoms with E-state index in [-0.39, 0.29) is 34.4 Å². The molecule has 0 aromatic heterocycles. The van der Waals surface area contributed by atoms with Crippen molar-refractivity contribution < 1.29 is 20.4 Å². The third kappa shape index (κ3) is 3.11. The van der Waals surface area contributed by atoms with Crippen molar-refractivity contribution in [1.82, 2.24) is 0 Å². The second-order valence-electron chi connectivity index (χ2n) is 3.43. The maximum Gasteiger partial charge on any atom is 0.180 e. The topological polar surface area (TPSA) is 133 Å². The van der Waals surface area contributed by atoms with E-state index in [1.54, 1.807) is 12.1 Å². The van der Waals surface area contributed by atoms with Crippen LogP contribution in [0.4, 0.5) is 11.4 Å². The summed E-state index contributed by atoms with van der Waals surface area (Å²) in [6.07, 6.45) is 0. The van der Waals surface area contributed by atoms with E-state index < -0.39 is 0 Å². The highest BCUT2D eigenvalue weighted by molar-refractivity contribution is 5.58. The Balaban J connectivity index is 0.000000180. The highest BCUT2D eigenvalue weighted by atomic mass is 16.3. The molecule has 6 nitrogen and oxygen atoms in total. The minimum Gasteiger partial charge on any atom is -0.504 e. The number of aromatic hydroxyl groups is 4. The molecule has 18 heavy (non-hydrogen) atoms. The Kier molecular flexibility index (Phi) is 4.09. The van der Waals surface area contributed by atoms with Gasteiger partial charge in [-0.2, -0.15) is 0 Å². The Morgan fingerprint density at radius 2 is 0.944 bits per heavy atom. The van der Waals surface area contributed by atoms with E-state index in [9.17, 15) is 0 Å². The lowest BCUT2D eigenvalue weighted by Crippen LogP contribution is -1.83. The lowest BCUT2D eigenvalue weighted by atomic mass is 10.3. The van der Waals surface area contributed by atoms with Crippen molar-refractivity contribution in [2.45, 2.75) is 0 Å². The van der Waals surface area contributed by atoms with Crippen LogP contribution in [0.3, 0.4) is 0 Å². The van der Waals surface area contributed by atoms with Crippen molar-refractivity contribution in [3.63, 3.8) is 0 Å². The summed E-state index contributed by atoms with van der Waals surface area (Å²) >= 11 is 0. The van der Waals surface area contributed by atoms with Crippen LogP contribution in [-0.4, -0.2) is 20.4 Å². The Hall–Kier alpha value is -2.76. The zero-order chi connectivity index (χ0) is 13.7. The fourth-order valence-electron chi connectivity index (χ4n) is 1.10. The standard InChI is InChI=1S/2C6H7NO2/c2*7-4-2-1-3-5(8)6(4)9/h2*1-3,8-9H,7H2. The molecule has 0 atom stereocenters. The van der Waals surface area contributed by atoms with Crippen LogP contribution in [0.2, 0.25) is 0 Å². The van der Waals surface area contributed by atoms with Gasteiger partial charge in [-0.25, -0.2) is 0 Å². The molecule has 0 aliphatic carbocycles. The van der Waals surface area contributed by atoms with Crippen LogP contribution < -0.4 is 11.5 Å². The van der Waals surface area contributed by atoms with Crippen LogP contribution in [-0.2, 0) is 0 Å². The predicted octanol–water partition coefficient (Wildman–Crippen LogP) is 1.36. The zero-order valence-electron chi connectivity index (χ0n) is 9.41. The van der Waals surface area contributed by atoms with E-state index in [4.69, 9.17) is 31.9 Å². The molecule has 8 N–H and O–H groups in total. The molecule has 2 aromatic rings. The first-order chi connectivity index (χ1) is 8.43. The number of phenols is 4. The summed E-state index contributed by atoms with van der Waals surface area (Å²) in [5.41, 5.74) is 10.8. The van der Waals surface area contributed by atoms with Crippen molar-refractivity contribution in [3.05, 3.63) is 36.4 Å². The van der Waals surface area contributed by atoms with E-state index in [1.165, 1.54) is 24.3 Å². The van der Waals surface area contributed by atoms with Crippen LogP contribution >= 0.6 is 0 Å². The Morgan fingerprint density at radius 3 is 1.17 bits per heavy atom. The minimum atomic E-state index is -0.252. The van der Waals surface area contributed by atoms with Crippen LogP contribution in [0.25, 0.3) is 0 Å². The molecule has 0 fully saturated rings. The van der Waals surface area contributed by atoms with Gasteiger partial charge >= 0.3 is 0 Å². The van der Waals surface area contributed by atoms with Crippen molar-refractivity contribution >= 4 is 11.4 Å². The van der Waals surface area contributed by atoms with Crippen LogP contribution in [0.15, 0.2) is 36.4 Å². The first-order valence-electron chi connectivity index (χ1n) is 4.96. The molecule has 0 bridgehead atoms. The normalized spacial score (nSPS) is 9.33. The number of para-hydroxylation sites is 2. The number of anilines is 2. The van der Waals surface area contributed by atoms with Gasteiger partial charge in [0.2, 0.25) is 0 Å². The molecule has 6 heteroatoms. The fourth-order valence-corrected chi connectivity index (χ4v) is 1.10. The summed E-state index contributed by atoms with van der Waals surface area (Å²) in [7, 11) is 0. The predicted molar refractivity (Wildman–Crippen MR) is 68.4 cm³/mol. The third-order valence-corrected chi connectivity index (χ3v) is 2.09. The van der Waals surface area contributed by atoms with Crippen molar-refractivity contribution in [2.24, 2.45) is 0 Å². The van der Waals surface area contributed by atoms with Crippen molar-refractivity contribution in [3.8, 4) is 23.0 Å².